The highest BCUT2D eigenvalue weighted by atomic mass is 16.6. The van der Waals surface area contributed by atoms with Gasteiger partial charge >= 0.3 is 12.2 Å². The molecule has 2 amide bonds. The van der Waals surface area contributed by atoms with Gasteiger partial charge in [-0.1, -0.05) is 0 Å². The van der Waals surface area contributed by atoms with E-state index in [-0.39, 0.29) is 25.8 Å². The van der Waals surface area contributed by atoms with Gasteiger partial charge in [-0.3, -0.25) is 0 Å². The number of ether oxygens (including phenoxy) is 4. The molecule has 0 aliphatic heterocycles. The highest BCUT2D eigenvalue weighted by Crippen LogP contribution is 1.85. The standard InChI is InChI=1S/C11H22N2O6/c1-9(13-11(15)19-7-5-17-3)8-12-10(14)18-6-4-16-2/h9H,4-8H2,1-3H3,(H,12,14)(H,13,15). The van der Waals surface area contributed by atoms with Gasteiger partial charge in [-0.25, -0.2) is 9.59 Å². The predicted molar refractivity (Wildman–Crippen MR) is 67.0 cm³/mol. The number of amides is 2. The lowest BCUT2D eigenvalue weighted by molar-refractivity contribution is 0.0939. The van der Waals surface area contributed by atoms with Crippen LogP contribution >= 0.6 is 0 Å². The van der Waals surface area contributed by atoms with Crippen molar-refractivity contribution in [3.8, 4) is 0 Å². The molecule has 0 aromatic carbocycles. The van der Waals surface area contributed by atoms with Crippen molar-refractivity contribution in [2.24, 2.45) is 0 Å². The van der Waals surface area contributed by atoms with Crippen LogP contribution in [0, 0.1) is 0 Å². The summed E-state index contributed by atoms with van der Waals surface area (Å²) in [6.45, 7) is 3.02. The Morgan fingerprint density at radius 1 is 0.947 bits per heavy atom. The Bertz CT molecular complexity index is 262. The molecule has 8 nitrogen and oxygen atoms in total. The highest BCUT2D eigenvalue weighted by molar-refractivity contribution is 5.68. The van der Waals surface area contributed by atoms with Gasteiger partial charge in [-0.2, -0.15) is 0 Å². The second-order valence-corrected chi connectivity index (χ2v) is 3.68. The molecule has 0 saturated heterocycles. The molecule has 0 heterocycles. The summed E-state index contributed by atoms with van der Waals surface area (Å²) in [7, 11) is 3.03. The van der Waals surface area contributed by atoms with E-state index in [1.54, 1.807) is 6.92 Å². The SMILES string of the molecule is COCCOC(=O)NCC(C)NC(=O)OCCOC. The fraction of sp³-hybridized carbons (Fsp3) is 0.818. The molecular weight excluding hydrogens is 256 g/mol. The van der Waals surface area contributed by atoms with Crippen molar-refractivity contribution >= 4 is 12.2 Å². The van der Waals surface area contributed by atoms with Gasteiger partial charge in [0.1, 0.15) is 13.2 Å². The van der Waals surface area contributed by atoms with E-state index in [0.717, 1.165) is 0 Å². The molecule has 0 fully saturated rings. The number of carbonyl (C=O) groups excluding carboxylic acids is 2. The van der Waals surface area contributed by atoms with Gasteiger partial charge in [0.05, 0.1) is 13.2 Å². The van der Waals surface area contributed by atoms with E-state index in [1.165, 1.54) is 14.2 Å². The van der Waals surface area contributed by atoms with Crippen molar-refractivity contribution in [1.29, 1.82) is 0 Å². The molecule has 0 aliphatic carbocycles. The van der Waals surface area contributed by atoms with Crippen molar-refractivity contribution in [3.05, 3.63) is 0 Å². The fourth-order valence-corrected chi connectivity index (χ4v) is 1.02. The summed E-state index contributed by atoms with van der Waals surface area (Å²) in [4.78, 5) is 22.4. The van der Waals surface area contributed by atoms with Crippen LogP contribution in [0.3, 0.4) is 0 Å². The van der Waals surface area contributed by atoms with Crippen LogP contribution in [-0.4, -0.2) is 65.4 Å². The summed E-state index contributed by atoms with van der Waals surface area (Å²) in [6, 6.07) is -0.273. The normalized spacial score (nSPS) is 11.5. The molecule has 0 saturated carbocycles. The van der Waals surface area contributed by atoms with Crippen LogP contribution in [0.2, 0.25) is 0 Å². The maximum Gasteiger partial charge on any atom is 0.407 e. The minimum atomic E-state index is -0.557. The third-order valence-electron chi connectivity index (χ3n) is 1.96. The van der Waals surface area contributed by atoms with Gasteiger partial charge in [0.2, 0.25) is 0 Å². The number of hydrogen-bond donors (Lipinski definition) is 2. The Hall–Kier alpha value is -1.54. The van der Waals surface area contributed by atoms with Crippen LogP contribution in [0.15, 0.2) is 0 Å². The van der Waals surface area contributed by atoms with Gasteiger partial charge in [0.25, 0.3) is 0 Å². The molecule has 0 aromatic heterocycles. The molecule has 0 spiro atoms. The van der Waals surface area contributed by atoms with Gasteiger partial charge < -0.3 is 29.6 Å². The second kappa shape index (κ2) is 11.5. The Labute approximate surface area is 112 Å². The Morgan fingerprint density at radius 3 is 2.00 bits per heavy atom. The summed E-state index contributed by atoms with van der Waals surface area (Å²) in [5.41, 5.74) is 0. The number of alkyl carbamates (subject to hydrolysis) is 2. The molecule has 0 bridgehead atoms. The van der Waals surface area contributed by atoms with Crippen LogP contribution in [0.5, 0.6) is 0 Å². The lowest BCUT2D eigenvalue weighted by atomic mass is 10.3. The molecule has 19 heavy (non-hydrogen) atoms. The third-order valence-corrected chi connectivity index (χ3v) is 1.96. The van der Waals surface area contributed by atoms with Crippen molar-refractivity contribution < 1.29 is 28.5 Å². The average molecular weight is 278 g/mol. The maximum atomic E-state index is 11.2. The molecule has 0 rings (SSSR count). The first-order chi connectivity index (χ1) is 9.10. The second-order valence-electron chi connectivity index (χ2n) is 3.68. The van der Waals surface area contributed by atoms with E-state index in [4.69, 9.17) is 18.9 Å². The molecular formula is C11H22N2O6. The zero-order valence-electron chi connectivity index (χ0n) is 11.6. The number of methoxy groups -OCH3 is 2. The third kappa shape index (κ3) is 11.3. The van der Waals surface area contributed by atoms with Gasteiger partial charge in [0, 0.05) is 26.8 Å². The van der Waals surface area contributed by atoms with Gasteiger partial charge in [-0.05, 0) is 6.92 Å². The van der Waals surface area contributed by atoms with E-state index in [0.29, 0.717) is 13.2 Å². The smallest absolute Gasteiger partial charge is 0.407 e. The maximum absolute atomic E-state index is 11.2. The van der Waals surface area contributed by atoms with Crippen LogP contribution in [-0.2, 0) is 18.9 Å². The lowest BCUT2D eigenvalue weighted by Gasteiger charge is -2.14. The molecule has 112 valence electrons. The quantitative estimate of drug-likeness (QED) is 0.582. The summed E-state index contributed by atoms with van der Waals surface area (Å²) in [6.07, 6.45) is -1.11. The molecule has 0 aromatic rings. The monoisotopic (exact) mass is 278 g/mol. The fourth-order valence-electron chi connectivity index (χ4n) is 1.02. The first-order valence-electron chi connectivity index (χ1n) is 5.92. The molecule has 8 heteroatoms. The van der Waals surface area contributed by atoms with E-state index in [2.05, 4.69) is 10.6 Å². The number of nitrogens with one attached hydrogen (secondary N) is 2. The van der Waals surface area contributed by atoms with Crippen LogP contribution < -0.4 is 10.6 Å². The number of carbonyl (C=O) groups is 2. The first kappa shape index (κ1) is 17.5. The van der Waals surface area contributed by atoms with Crippen molar-refractivity contribution in [2.45, 2.75) is 13.0 Å². The largest absolute Gasteiger partial charge is 0.447 e. The minimum Gasteiger partial charge on any atom is -0.447 e. The Morgan fingerprint density at radius 2 is 1.47 bits per heavy atom. The topological polar surface area (TPSA) is 95.1 Å². The molecule has 0 aliphatic rings. The summed E-state index contributed by atoms with van der Waals surface area (Å²) >= 11 is 0. The average Bonchev–Trinajstić information content (AvgIpc) is 2.37. The summed E-state index contributed by atoms with van der Waals surface area (Å²) < 4.78 is 19.0. The molecule has 0 radical (unpaired) electrons. The van der Waals surface area contributed by atoms with E-state index >= 15 is 0 Å². The predicted octanol–water partition coefficient (Wildman–Crippen LogP) is 0.120. The van der Waals surface area contributed by atoms with Crippen molar-refractivity contribution in [3.63, 3.8) is 0 Å². The molecule has 1 atom stereocenters. The Kier molecular flexibility index (Phi) is 10.6. The van der Waals surface area contributed by atoms with Crippen LogP contribution in [0.1, 0.15) is 6.92 Å². The summed E-state index contributed by atoms with van der Waals surface area (Å²) in [5, 5.41) is 5.05. The van der Waals surface area contributed by atoms with E-state index in [9.17, 15) is 9.59 Å². The molecule has 1 unspecified atom stereocenters. The van der Waals surface area contributed by atoms with Gasteiger partial charge in [0.15, 0.2) is 0 Å². The first-order valence-corrected chi connectivity index (χ1v) is 5.92. The highest BCUT2D eigenvalue weighted by Gasteiger charge is 2.10. The number of rotatable bonds is 9. The lowest BCUT2D eigenvalue weighted by Crippen LogP contribution is -2.42. The zero-order valence-corrected chi connectivity index (χ0v) is 11.6. The van der Waals surface area contributed by atoms with Crippen molar-refractivity contribution in [1.82, 2.24) is 10.6 Å². The summed E-state index contributed by atoms with van der Waals surface area (Å²) in [5.74, 6) is 0. The van der Waals surface area contributed by atoms with Crippen molar-refractivity contribution in [2.75, 3.05) is 47.2 Å². The number of hydrogen-bond acceptors (Lipinski definition) is 6. The van der Waals surface area contributed by atoms with Crippen LogP contribution in [0.25, 0.3) is 0 Å². The zero-order chi connectivity index (χ0) is 14.5. The van der Waals surface area contributed by atoms with Crippen LogP contribution in [0.4, 0.5) is 9.59 Å². The van der Waals surface area contributed by atoms with E-state index < -0.39 is 12.2 Å². The van der Waals surface area contributed by atoms with Gasteiger partial charge in [-0.15, -0.1) is 0 Å². The minimum absolute atomic E-state index is 0.182. The van der Waals surface area contributed by atoms with E-state index in [1.807, 2.05) is 0 Å². The molecule has 2 N–H and O–H groups in total. The Balaban J connectivity index is 3.59.